The Morgan fingerprint density at radius 2 is 1.63 bits per heavy atom. The van der Waals surface area contributed by atoms with Crippen LogP contribution in [0.1, 0.15) is 21.6 Å². The van der Waals surface area contributed by atoms with Gasteiger partial charge in [0.05, 0.1) is 17.1 Å². The maximum absolute atomic E-state index is 13.0. The molecule has 0 aliphatic rings. The topological polar surface area (TPSA) is 92.5 Å². The van der Waals surface area contributed by atoms with Gasteiger partial charge in [0.2, 0.25) is 5.13 Å². The number of thiazole rings is 1. The highest BCUT2D eigenvalue weighted by atomic mass is 35.5. The molecular formula is C26H18ClN5O2S. The van der Waals surface area contributed by atoms with Gasteiger partial charge in [-0.25, -0.2) is 4.98 Å². The van der Waals surface area contributed by atoms with Crippen LogP contribution in [0.4, 0.5) is 11.4 Å². The molecule has 0 spiro atoms. The lowest BCUT2D eigenvalue weighted by Crippen LogP contribution is -2.13. The van der Waals surface area contributed by atoms with Crippen molar-refractivity contribution in [3.63, 3.8) is 0 Å². The molecule has 2 heterocycles. The minimum Gasteiger partial charge on any atom is -0.291 e. The van der Waals surface area contributed by atoms with Gasteiger partial charge in [-0.3, -0.25) is 14.7 Å². The van der Waals surface area contributed by atoms with E-state index in [1.165, 1.54) is 16.0 Å². The zero-order valence-electron chi connectivity index (χ0n) is 18.5. The molecular weight excluding hydrogens is 482 g/mol. The molecule has 0 radical (unpaired) electrons. The van der Waals surface area contributed by atoms with Crippen LogP contribution in [0.15, 0.2) is 99.3 Å². The number of hydrogen-bond donors (Lipinski definition) is 1. The molecule has 0 amide bonds. The number of benzene rings is 3. The Labute approximate surface area is 209 Å². The summed E-state index contributed by atoms with van der Waals surface area (Å²) in [5.41, 5.74) is 3.76. The highest BCUT2D eigenvalue weighted by Crippen LogP contribution is 2.26. The number of H-pyrrole nitrogens is 1. The molecule has 3 aromatic carbocycles. The summed E-state index contributed by atoms with van der Waals surface area (Å²) >= 11 is 7.30. The van der Waals surface area contributed by atoms with Gasteiger partial charge in [0.25, 0.3) is 0 Å². The molecule has 0 fully saturated rings. The Balaban J connectivity index is 1.36. The molecule has 0 aliphatic carbocycles. The third-order valence-corrected chi connectivity index (χ3v) is 6.37. The number of aryl methyl sites for hydroxylation is 1. The van der Waals surface area contributed by atoms with Gasteiger partial charge < -0.3 is 0 Å². The summed E-state index contributed by atoms with van der Waals surface area (Å²) in [6.07, 6.45) is 0. The summed E-state index contributed by atoms with van der Waals surface area (Å²) in [5.74, 6) is -0.0696. The van der Waals surface area contributed by atoms with Crippen molar-refractivity contribution in [2.24, 2.45) is 10.2 Å². The van der Waals surface area contributed by atoms with Crippen molar-refractivity contribution in [2.75, 3.05) is 0 Å². The molecule has 0 bridgehead atoms. The van der Waals surface area contributed by atoms with E-state index in [1.54, 1.807) is 55.5 Å². The van der Waals surface area contributed by atoms with Gasteiger partial charge >= 0.3 is 5.56 Å². The standard InChI is InChI=1S/C26H18ClN5O2S/c1-16-23(30-29-21-13-9-19(10-14-21)24(33)18-5-3-2-4-6-18)25(34)32(31-16)26-28-22(15-35-26)17-7-11-20(27)12-8-17/h2-15,31H,1H3. The predicted molar refractivity (Wildman–Crippen MR) is 138 cm³/mol. The fourth-order valence-corrected chi connectivity index (χ4v) is 4.37. The van der Waals surface area contributed by atoms with Crippen LogP contribution >= 0.6 is 22.9 Å². The molecule has 35 heavy (non-hydrogen) atoms. The van der Waals surface area contributed by atoms with E-state index in [-0.39, 0.29) is 17.0 Å². The fourth-order valence-electron chi connectivity index (χ4n) is 3.45. The van der Waals surface area contributed by atoms with E-state index in [0.717, 1.165) is 11.3 Å². The molecule has 5 aromatic rings. The number of aromatic amines is 1. The first-order valence-electron chi connectivity index (χ1n) is 10.6. The SMILES string of the molecule is Cc1[nH]n(-c2nc(-c3ccc(Cl)cc3)cs2)c(=O)c1N=Nc1ccc(C(=O)c2ccccc2)cc1. The highest BCUT2D eigenvalue weighted by Gasteiger charge is 2.15. The van der Waals surface area contributed by atoms with E-state index in [9.17, 15) is 9.59 Å². The second-order valence-electron chi connectivity index (χ2n) is 7.69. The molecule has 0 unspecified atom stereocenters. The number of hydrogen-bond acceptors (Lipinski definition) is 6. The average molecular weight is 500 g/mol. The van der Waals surface area contributed by atoms with Crippen LogP contribution in [0.2, 0.25) is 5.02 Å². The number of ketones is 1. The van der Waals surface area contributed by atoms with Crippen LogP contribution in [0, 0.1) is 6.92 Å². The van der Waals surface area contributed by atoms with E-state index in [1.807, 2.05) is 35.7 Å². The summed E-state index contributed by atoms with van der Waals surface area (Å²) < 4.78 is 1.36. The fraction of sp³-hybridized carbons (Fsp3) is 0.0385. The van der Waals surface area contributed by atoms with Gasteiger partial charge in [0.1, 0.15) is 0 Å². The maximum Gasteiger partial charge on any atom is 0.301 e. The summed E-state index contributed by atoms with van der Waals surface area (Å²) in [4.78, 5) is 30.1. The number of aromatic nitrogens is 3. The monoisotopic (exact) mass is 499 g/mol. The summed E-state index contributed by atoms with van der Waals surface area (Å²) in [6.45, 7) is 1.75. The normalized spacial score (nSPS) is 11.3. The van der Waals surface area contributed by atoms with E-state index in [2.05, 4.69) is 20.3 Å². The lowest BCUT2D eigenvalue weighted by Gasteiger charge is -2.01. The van der Waals surface area contributed by atoms with Gasteiger partial charge in [-0.15, -0.1) is 16.5 Å². The van der Waals surface area contributed by atoms with Crippen molar-refractivity contribution >= 4 is 40.1 Å². The Kier molecular flexibility index (Phi) is 6.22. The molecule has 9 heteroatoms. The molecule has 0 saturated carbocycles. The van der Waals surface area contributed by atoms with Gasteiger partial charge in [-0.2, -0.15) is 9.80 Å². The van der Waals surface area contributed by atoms with Crippen LogP contribution in [0.25, 0.3) is 16.4 Å². The molecule has 0 aliphatic heterocycles. The molecule has 0 saturated heterocycles. The van der Waals surface area contributed by atoms with Gasteiger partial charge in [0, 0.05) is 27.1 Å². The van der Waals surface area contributed by atoms with E-state index >= 15 is 0 Å². The van der Waals surface area contributed by atoms with Crippen LogP contribution in [-0.2, 0) is 0 Å². The van der Waals surface area contributed by atoms with E-state index in [4.69, 9.17) is 11.6 Å². The van der Waals surface area contributed by atoms with Crippen molar-refractivity contribution in [3.05, 3.63) is 116 Å². The van der Waals surface area contributed by atoms with E-state index in [0.29, 0.717) is 32.7 Å². The molecule has 172 valence electrons. The van der Waals surface area contributed by atoms with Crippen LogP contribution in [0.5, 0.6) is 0 Å². The third-order valence-electron chi connectivity index (χ3n) is 5.29. The summed E-state index contributed by atoms with van der Waals surface area (Å²) in [5, 5.41) is 14.4. The molecule has 2 aromatic heterocycles. The molecule has 7 nitrogen and oxygen atoms in total. The average Bonchev–Trinajstić information content (AvgIpc) is 3.48. The first kappa shape index (κ1) is 22.6. The number of nitrogens with zero attached hydrogens (tertiary/aromatic N) is 4. The Bertz CT molecular complexity index is 1580. The molecule has 1 N–H and O–H groups in total. The Morgan fingerprint density at radius 3 is 2.34 bits per heavy atom. The second-order valence-corrected chi connectivity index (χ2v) is 8.96. The van der Waals surface area contributed by atoms with Crippen LogP contribution in [-0.4, -0.2) is 20.5 Å². The zero-order chi connectivity index (χ0) is 24.4. The third kappa shape index (κ3) is 4.75. The predicted octanol–water partition coefficient (Wildman–Crippen LogP) is 6.90. The highest BCUT2D eigenvalue weighted by molar-refractivity contribution is 7.12. The quantitative estimate of drug-likeness (QED) is 0.203. The maximum atomic E-state index is 13.0. The Hall–Kier alpha value is -4.14. The van der Waals surface area contributed by atoms with Crippen molar-refractivity contribution < 1.29 is 4.79 Å². The van der Waals surface area contributed by atoms with Crippen LogP contribution < -0.4 is 5.56 Å². The molecule has 5 rings (SSSR count). The second kappa shape index (κ2) is 9.61. The smallest absolute Gasteiger partial charge is 0.291 e. The lowest BCUT2D eigenvalue weighted by molar-refractivity contribution is 0.103. The number of nitrogens with one attached hydrogen (secondary N) is 1. The number of carbonyl (C=O) groups is 1. The van der Waals surface area contributed by atoms with E-state index < -0.39 is 0 Å². The van der Waals surface area contributed by atoms with Crippen molar-refractivity contribution in [1.29, 1.82) is 0 Å². The number of halogens is 1. The first-order chi connectivity index (χ1) is 17.0. The van der Waals surface area contributed by atoms with Crippen molar-refractivity contribution in [3.8, 4) is 16.4 Å². The number of azo groups is 1. The Morgan fingerprint density at radius 1 is 0.943 bits per heavy atom. The largest absolute Gasteiger partial charge is 0.301 e. The number of rotatable bonds is 6. The lowest BCUT2D eigenvalue weighted by atomic mass is 10.0. The minimum absolute atomic E-state index is 0.0696. The van der Waals surface area contributed by atoms with Crippen LogP contribution in [0.3, 0.4) is 0 Å². The van der Waals surface area contributed by atoms with Gasteiger partial charge in [-0.1, -0.05) is 54.1 Å². The molecule has 0 atom stereocenters. The van der Waals surface area contributed by atoms with Crippen molar-refractivity contribution in [2.45, 2.75) is 6.92 Å². The number of carbonyl (C=O) groups excluding carboxylic acids is 1. The summed E-state index contributed by atoms with van der Waals surface area (Å²) in [7, 11) is 0. The van der Waals surface area contributed by atoms with Crippen molar-refractivity contribution in [1.82, 2.24) is 14.8 Å². The summed E-state index contributed by atoms with van der Waals surface area (Å²) in [6, 6.07) is 23.2. The minimum atomic E-state index is -0.348. The zero-order valence-corrected chi connectivity index (χ0v) is 20.0. The van der Waals surface area contributed by atoms with Gasteiger partial charge in [0.15, 0.2) is 11.5 Å². The first-order valence-corrected chi connectivity index (χ1v) is 11.9. The van der Waals surface area contributed by atoms with Gasteiger partial charge in [-0.05, 0) is 43.3 Å².